The van der Waals surface area contributed by atoms with Crippen LogP contribution in [0.15, 0.2) is 42.5 Å². The molecule has 2 aromatic carbocycles. The summed E-state index contributed by atoms with van der Waals surface area (Å²) < 4.78 is 16.4. The summed E-state index contributed by atoms with van der Waals surface area (Å²) in [6.45, 7) is 2.10. The van der Waals surface area contributed by atoms with Crippen molar-refractivity contribution in [1.82, 2.24) is 0 Å². The number of fused-ring (bicyclic) bond motifs is 1. The fourth-order valence-electron chi connectivity index (χ4n) is 2.57. The molecule has 0 unspecified atom stereocenters. The van der Waals surface area contributed by atoms with E-state index in [4.69, 9.17) is 14.2 Å². The lowest BCUT2D eigenvalue weighted by molar-refractivity contribution is 0.0532. The summed E-state index contributed by atoms with van der Waals surface area (Å²) >= 11 is 1.36. The van der Waals surface area contributed by atoms with Gasteiger partial charge in [-0.05, 0) is 48.7 Å². The van der Waals surface area contributed by atoms with Crippen LogP contribution in [0.1, 0.15) is 27.0 Å². The molecule has 7 heteroatoms. The van der Waals surface area contributed by atoms with E-state index in [9.17, 15) is 9.59 Å². The zero-order chi connectivity index (χ0) is 19.4. The summed E-state index contributed by atoms with van der Waals surface area (Å²) in [5, 5.41) is 3.72. The Morgan fingerprint density at radius 3 is 2.33 bits per heavy atom. The first-order valence-corrected chi connectivity index (χ1v) is 9.11. The van der Waals surface area contributed by atoms with E-state index in [1.807, 2.05) is 12.1 Å². The Morgan fingerprint density at radius 1 is 1.00 bits per heavy atom. The van der Waals surface area contributed by atoms with Crippen LogP contribution in [0.5, 0.6) is 11.5 Å². The number of thiophene rings is 1. The van der Waals surface area contributed by atoms with Gasteiger partial charge in [-0.25, -0.2) is 4.79 Å². The third-order valence-corrected chi connectivity index (χ3v) is 4.96. The molecular weight excluding hydrogens is 366 g/mol. The maximum atomic E-state index is 12.6. The van der Waals surface area contributed by atoms with Crippen molar-refractivity contribution >= 4 is 39.0 Å². The minimum Gasteiger partial charge on any atom is -0.497 e. The molecule has 0 bridgehead atoms. The van der Waals surface area contributed by atoms with Gasteiger partial charge in [0.15, 0.2) is 0 Å². The number of anilines is 1. The predicted octanol–water partition coefficient (Wildman–Crippen LogP) is 4.35. The molecule has 0 radical (unpaired) electrons. The fraction of sp³-hybridized carbons (Fsp3) is 0.200. The molecular formula is C20H19NO5S. The van der Waals surface area contributed by atoms with E-state index >= 15 is 0 Å². The number of carbonyl (C=O) groups is 2. The molecule has 3 aromatic rings. The van der Waals surface area contributed by atoms with Crippen molar-refractivity contribution in [2.75, 3.05) is 26.1 Å². The summed E-state index contributed by atoms with van der Waals surface area (Å²) in [4.78, 5) is 25.0. The zero-order valence-corrected chi connectivity index (χ0v) is 16.0. The van der Waals surface area contributed by atoms with Crippen LogP contribution >= 0.6 is 11.3 Å². The van der Waals surface area contributed by atoms with Crippen molar-refractivity contribution in [3.8, 4) is 11.5 Å². The number of rotatable bonds is 6. The van der Waals surface area contributed by atoms with Crippen molar-refractivity contribution in [1.29, 1.82) is 0 Å². The number of esters is 1. The second-order valence-electron chi connectivity index (χ2n) is 5.64. The quantitative estimate of drug-likeness (QED) is 0.639. The van der Waals surface area contributed by atoms with Crippen LogP contribution in [-0.4, -0.2) is 32.7 Å². The van der Waals surface area contributed by atoms with Gasteiger partial charge in [-0.3, -0.25) is 4.79 Å². The minimum atomic E-state index is -0.340. The average Bonchev–Trinajstić information content (AvgIpc) is 3.11. The van der Waals surface area contributed by atoms with E-state index in [2.05, 4.69) is 5.32 Å². The van der Waals surface area contributed by atoms with Gasteiger partial charge in [0.1, 0.15) is 16.4 Å². The molecule has 1 N–H and O–H groups in total. The lowest BCUT2D eigenvalue weighted by Crippen LogP contribution is -2.12. The van der Waals surface area contributed by atoms with Gasteiger partial charge in [-0.1, -0.05) is 0 Å². The SMILES string of the molecule is CCOC(=O)c1cc2cc(NC(=O)c3cc(OC)cc(OC)c3)ccc2s1. The fourth-order valence-corrected chi connectivity index (χ4v) is 3.50. The van der Waals surface area contributed by atoms with Crippen LogP contribution in [0.2, 0.25) is 0 Å². The maximum absolute atomic E-state index is 12.6. The Bertz CT molecular complexity index is 973. The lowest BCUT2D eigenvalue weighted by atomic mass is 10.1. The molecule has 1 heterocycles. The van der Waals surface area contributed by atoms with Crippen molar-refractivity contribution in [3.63, 3.8) is 0 Å². The summed E-state index contributed by atoms with van der Waals surface area (Å²) in [6.07, 6.45) is 0. The Labute approximate surface area is 160 Å². The van der Waals surface area contributed by atoms with Crippen LogP contribution in [0, 0.1) is 0 Å². The Morgan fingerprint density at radius 2 is 1.70 bits per heavy atom. The highest BCUT2D eigenvalue weighted by atomic mass is 32.1. The second-order valence-corrected chi connectivity index (χ2v) is 6.72. The zero-order valence-electron chi connectivity index (χ0n) is 15.2. The maximum Gasteiger partial charge on any atom is 0.348 e. The largest absolute Gasteiger partial charge is 0.497 e. The van der Waals surface area contributed by atoms with Crippen molar-refractivity contribution in [3.05, 3.63) is 52.9 Å². The van der Waals surface area contributed by atoms with Gasteiger partial charge in [0, 0.05) is 22.0 Å². The monoisotopic (exact) mass is 385 g/mol. The molecule has 0 saturated heterocycles. The molecule has 140 valence electrons. The first-order chi connectivity index (χ1) is 13.0. The van der Waals surface area contributed by atoms with E-state index in [0.29, 0.717) is 34.2 Å². The normalized spacial score (nSPS) is 10.5. The van der Waals surface area contributed by atoms with E-state index in [1.54, 1.807) is 37.3 Å². The van der Waals surface area contributed by atoms with Crippen molar-refractivity contribution in [2.24, 2.45) is 0 Å². The van der Waals surface area contributed by atoms with Gasteiger partial charge in [0.25, 0.3) is 5.91 Å². The molecule has 1 aromatic heterocycles. The van der Waals surface area contributed by atoms with Crippen LogP contribution in [0.4, 0.5) is 5.69 Å². The first kappa shape index (κ1) is 18.7. The Balaban J connectivity index is 1.83. The molecule has 0 aliphatic rings. The summed E-state index contributed by atoms with van der Waals surface area (Å²) in [7, 11) is 3.06. The molecule has 0 aliphatic heterocycles. The Kier molecular flexibility index (Phi) is 5.61. The predicted molar refractivity (Wildman–Crippen MR) is 105 cm³/mol. The molecule has 0 atom stereocenters. The number of methoxy groups -OCH3 is 2. The Hall–Kier alpha value is -3.06. The van der Waals surface area contributed by atoms with Crippen molar-refractivity contribution < 1.29 is 23.8 Å². The smallest absolute Gasteiger partial charge is 0.348 e. The molecule has 27 heavy (non-hydrogen) atoms. The lowest BCUT2D eigenvalue weighted by Gasteiger charge is -2.09. The topological polar surface area (TPSA) is 73.9 Å². The number of hydrogen-bond donors (Lipinski definition) is 1. The summed E-state index contributed by atoms with van der Waals surface area (Å²) in [5.41, 5.74) is 1.05. The highest BCUT2D eigenvalue weighted by Crippen LogP contribution is 2.29. The van der Waals surface area contributed by atoms with Gasteiger partial charge in [0.05, 0.1) is 20.8 Å². The number of nitrogens with one attached hydrogen (secondary N) is 1. The highest BCUT2D eigenvalue weighted by molar-refractivity contribution is 7.20. The third kappa shape index (κ3) is 4.20. The van der Waals surface area contributed by atoms with Crippen LogP contribution in [0.3, 0.4) is 0 Å². The molecule has 0 fully saturated rings. The van der Waals surface area contributed by atoms with Crippen molar-refractivity contribution in [2.45, 2.75) is 6.92 Å². The van der Waals surface area contributed by atoms with Crippen LogP contribution in [0.25, 0.3) is 10.1 Å². The average molecular weight is 385 g/mol. The second kappa shape index (κ2) is 8.09. The minimum absolute atomic E-state index is 0.285. The summed E-state index contributed by atoms with van der Waals surface area (Å²) in [6, 6.07) is 12.2. The number of hydrogen-bond acceptors (Lipinski definition) is 6. The number of ether oxygens (including phenoxy) is 3. The molecule has 1 amide bonds. The molecule has 0 spiro atoms. The molecule has 3 rings (SSSR count). The number of amides is 1. The van der Waals surface area contributed by atoms with E-state index < -0.39 is 0 Å². The van der Waals surface area contributed by atoms with E-state index in [0.717, 1.165) is 10.1 Å². The molecule has 6 nitrogen and oxygen atoms in total. The van der Waals surface area contributed by atoms with E-state index in [1.165, 1.54) is 25.6 Å². The van der Waals surface area contributed by atoms with Crippen LogP contribution < -0.4 is 14.8 Å². The van der Waals surface area contributed by atoms with Gasteiger partial charge < -0.3 is 19.5 Å². The highest BCUT2D eigenvalue weighted by Gasteiger charge is 2.13. The van der Waals surface area contributed by atoms with E-state index in [-0.39, 0.29) is 11.9 Å². The van der Waals surface area contributed by atoms with Crippen LogP contribution in [-0.2, 0) is 4.74 Å². The number of carbonyl (C=O) groups excluding carboxylic acids is 2. The van der Waals surface area contributed by atoms with Gasteiger partial charge in [-0.2, -0.15) is 0 Å². The molecule has 0 saturated carbocycles. The van der Waals surface area contributed by atoms with Gasteiger partial charge in [0.2, 0.25) is 0 Å². The third-order valence-electron chi connectivity index (χ3n) is 3.86. The summed E-state index contributed by atoms with van der Waals surface area (Å²) in [5.74, 6) is 0.443. The first-order valence-electron chi connectivity index (χ1n) is 8.29. The molecule has 0 aliphatic carbocycles. The van der Waals surface area contributed by atoms with Gasteiger partial charge in [-0.15, -0.1) is 11.3 Å². The number of benzene rings is 2. The standard InChI is InChI=1S/C20H19NO5S/c1-4-26-20(23)18-10-12-7-14(5-6-17(12)27-18)21-19(22)13-8-15(24-2)11-16(9-13)25-3/h5-11H,4H2,1-3H3,(H,21,22). The van der Waals surface area contributed by atoms with Gasteiger partial charge >= 0.3 is 5.97 Å².